The summed E-state index contributed by atoms with van der Waals surface area (Å²) < 4.78 is 47.3. The molecule has 2 fully saturated rings. The van der Waals surface area contributed by atoms with Gasteiger partial charge in [0.15, 0.2) is 0 Å². The molecule has 1 aromatic heterocycles. The van der Waals surface area contributed by atoms with Gasteiger partial charge < -0.3 is 25.5 Å². The maximum absolute atomic E-state index is 14.5. The van der Waals surface area contributed by atoms with Crippen LogP contribution < -0.4 is 10.6 Å². The van der Waals surface area contributed by atoms with Crippen LogP contribution in [0.1, 0.15) is 30.7 Å². The Bertz CT molecular complexity index is 1200. The van der Waals surface area contributed by atoms with Gasteiger partial charge in [-0.15, -0.1) is 0 Å². The smallest absolute Gasteiger partial charge is 0.315 e. The molecule has 1 atom stereocenters. The summed E-state index contributed by atoms with van der Waals surface area (Å²) in [6.07, 6.45) is 2.02. The number of ether oxygens (including phenoxy) is 1. The van der Waals surface area contributed by atoms with Gasteiger partial charge in [0.05, 0.1) is 30.0 Å². The molecule has 2 heterocycles. The maximum atomic E-state index is 14.5. The van der Waals surface area contributed by atoms with Crippen LogP contribution in [0.15, 0.2) is 36.4 Å². The second kappa shape index (κ2) is 8.96. The molecule has 2 amide bonds. The molecule has 2 aromatic carbocycles. The van der Waals surface area contributed by atoms with E-state index in [0.717, 1.165) is 24.5 Å². The fraction of sp³-hybridized carbons (Fsp3) is 0.400. The zero-order chi connectivity index (χ0) is 23.9. The average Bonchev–Trinajstić information content (AvgIpc) is 3.39. The Morgan fingerprint density at radius 3 is 2.59 bits per heavy atom. The highest BCUT2D eigenvalue weighted by atomic mass is 19.1. The van der Waals surface area contributed by atoms with Gasteiger partial charge in [0.25, 0.3) is 0 Å². The number of amides is 2. The molecule has 1 saturated heterocycles. The second-order valence-electron chi connectivity index (χ2n) is 9.34. The van der Waals surface area contributed by atoms with Crippen LogP contribution in [0.25, 0.3) is 22.2 Å². The van der Waals surface area contributed by atoms with E-state index in [1.165, 1.54) is 18.2 Å². The van der Waals surface area contributed by atoms with E-state index in [1.54, 1.807) is 12.1 Å². The van der Waals surface area contributed by atoms with E-state index in [0.29, 0.717) is 36.2 Å². The quantitative estimate of drug-likeness (QED) is 0.433. The highest BCUT2D eigenvalue weighted by Crippen LogP contribution is 2.48. The lowest BCUT2D eigenvalue weighted by Crippen LogP contribution is -2.55. The lowest BCUT2D eigenvalue weighted by Gasteiger charge is -2.36. The van der Waals surface area contributed by atoms with Gasteiger partial charge in [0.2, 0.25) is 0 Å². The molecule has 1 aliphatic heterocycles. The lowest BCUT2D eigenvalue weighted by atomic mass is 9.70. The Morgan fingerprint density at radius 2 is 1.91 bits per heavy atom. The fourth-order valence-electron chi connectivity index (χ4n) is 5.04. The summed E-state index contributed by atoms with van der Waals surface area (Å²) in [6.45, 7) is 1.03. The van der Waals surface area contributed by atoms with E-state index in [-0.39, 0.29) is 42.4 Å². The summed E-state index contributed by atoms with van der Waals surface area (Å²) in [5.41, 5.74) is 1.64. The van der Waals surface area contributed by atoms with Crippen LogP contribution in [-0.2, 0) is 4.74 Å². The molecule has 0 bridgehead atoms. The molecular weight excluding hydrogens is 447 g/mol. The highest BCUT2D eigenvalue weighted by molar-refractivity contribution is 5.92. The van der Waals surface area contributed by atoms with Crippen LogP contribution in [0.2, 0.25) is 0 Å². The number of urea groups is 1. The number of hydrogen-bond donors (Lipinski definition) is 4. The van der Waals surface area contributed by atoms with Crippen molar-refractivity contribution in [2.45, 2.75) is 30.7 Å². The first-order chi connectivity index (χ1) is 16.4. The van der Waals surface area contributed by atoms with Crippen molar-refractivity contribution >= 4 is 16.9 Å². The van der Waals surface area contributed by atoms with Crippen LogP contribution in [0, 0.1) is 23.4 Å². The number of H-pyrrole nitrogens is 1. The van der Waals surface area contributed by atoms with E-state index in [2.05, 4.69) is 15.6 Å². The van der Waals surface area contributed by atoms with Crippen LogP contribution in [0.4, 0.5) is 18.0 Å². The van der Waals surface area contributed by atoms with Crippen molar-refractivity contribution in [2.75, 3.05) is 26.4 Å². The molecule has 180 valence electrons. The summed E-state index contributed by atoms with van der Waals surface area (Å²) in [6, 6.07) is 7.72. The molecule has 0 radical (unpaired) electrons. The normalized spacial score (nSPS) is 24.2. The van der Waals surface area contributed by atoms with Crippen molar-refractivity contribution in [3.8, 4) is 11.3 Å². The van der Waals surface area contributed by atoms with Gasteiger partial charge in [0.1, 0.15) is 17.5 Å². The number of aliphatic hydroxyl groups excluding tert-OH is 1. The highest BCUT2D eigenvalue weighted by Gasteiger charge is 2.37. The van der Waals surface area contributed by atoms with Gasteiger partial charge in [-0.1, -0.05) is 0 Å². The molecule has 34 heavy (non-hydrogen) atoms. The molecule has 1 unspecified atom stereocenters. The van der Waals surface area contributed by atoms with Crippen LogP contribution in [-0.4, -0.2) is 48.0 Å². The molecule has 5 rings (SSSR count). The van der Waals surface area contributed by atoms with Crippen molar-refractivity contribution < 1.29 is 27.8 Å². The van der Waals surface area contributed by atoms with Gasteiger partial charge in [-0.25, -0.2) is 18.0 Å². The molecule has 9 heteroatoms. The molecular formula is C25H26F3N3O3. The minimum Gasteiger partial charge on any atom is -0.394 e. The van der Waals surface area contributed by atoms with Crippen LogP contribution in [0.3, 0.4) is 0 Å². The van der Waals surface area contributed by atoms with Crippen molar-refractivity contribution in [1.29, 1.82) is 0 Å². The first-order valence-electron chi connectivity index (χ1n) is 11.4. The third kappa shape index (κ3) is 4.25. The van der Waals surface area contributed by atoms with Gasteiger partial charge in [-0.2, -0.15) is 0 Å². The number of nitrogens with one attached hydrogen (secondary N) is 3. The predicted octanol–water partition coefficient (Wildman–Crippen LogP) is 4.20. The fourth-order valence-corrected chi connectivity index (χ4v) is 5.04. The van der Waals surface area contributed by atoms with Gasteiger partial charge in [-0.3, -0.25) is 0 Å². The molecule has 0 spiro atoms. The lowest BCUT2D eigenvalue weighted by molar-refractivity contribution is 0.123. The minimum atomic E-state index is -0.742. The Balaban J connectivity index is 1.31. The zero-order valence-corrected chi connectivity index (χ0v) is 18.5. The number of carbonyl (C=O) groups excluding carboxylic acids is 1. The Morgan fingerprint density at radius 1 is 1.15 bits per heavy atom. The molecule has 3 aromatic rings. The summed E-state index contributed by atoms with van der Waals surface area (Å²) in [7, 11) is 0. The Hall–Kier alpha value is -3.04. The Labute approximate surface area is 194 Å². The van der Waals surface area contributed by atoms with E-state index in [1.807, 2.05) is 0 Å². The van der Waals surface area contributed by atoms with E-state index < -0.39 is 17.2 Å². The summed E-state index contributed by atoms with van der Waals surface area (Å²) >= 11 is 0. The summed E-state index contributed by atoms with van der Waals surface area (Å²) in [4.78, 5) is 15.4. The molecule has 1 saturated carbocycles. The van der Waals surface area contributed by atoms with Crippen LogP contribution >= 0.6 is 0 Å². The number of halogens is 3. The van der Waals surface area contributed by atoms with Gasteiger partial charge >= 0.3 is 6.03 Å². The second-order valence-corrected chi connectivity index (χ2v) is 9.34. The number of benzene rings is 2. The SMILES string of the molecule is O=C(NC[C@H]1C[C@H](c2c(-c3ccc(F)cc3)[nH]c3c(F)cc(F)cc32)C1)NC1(CO)CCOC1. The number of aliphatic hydroxyl groups is 1. The number of rotatable bonds is 6. The van der Waals surface area contributed by atoms with Crippen molar-refractivity contribution in [1.82, 2.24) is 15.6 Å². The van der Waals surface area contributed by atoms with E-state index in [4.69, 9.17) is 4.74 Å². The summed E-state index contributed by atoms with van der Waals surface area (Å²) in [5.74, 6) is -1.47. The van der Waals surface area contributed by atoms with Crippen molar-refractivity contribution in [3.05, 3.63) is 59.4 Å². The zero-order valence-electron chi connectivity index (χ0n) is 18.5. The molecule has 2 aliphatic rings. The third-order valence-electron chi connectivity index (χ3n) is 6.98. The first kappa shape index (κ1) is 22.7. The standard InChI is InChI=1S/C25H26F3N3O3/c26-17-3-1-15(2-4-17)22-21(19-9-18(27)10-20(28)23(19)30-22)16-7-14(8-16)11-29-24(33)31-25(12-32)5-6-34-13-25/h1-4,9-10,14,16,30,32H,5-8,11-13H2,(H2,29,31,33)/t14-,16-,25?. The van der Waals surface area contributed by atoms with Gasteiger partial charge in [0, 0.05) is 24.6 Å². The topological polar surface area (TPSA) is 86.4 Å². The molecule has 6 nitrogen and oxygen atoms in total. The minimum absolute atomic E-state index is 0.0388. The first-order valence-corrected chi connectivity index (χ1v) is 11.4. The predicted molar refractivity (Wildman–Crippen MR) is 121 cm³/mol. The largest absolute Gasteiger partial charge is 0.394 e. The number of aromatic amines is 1. The monoisotopic (exact) mass is 473 g/mol. The Kier molecular flexibility index (Phi) is 5.99. The number of hydrogen-bond acceptors (Lipinski definition) is 3. The average molecular weight is 473 g/mol. The number of fused-ring (bicyclic) bond motifs is 1. The van der Waals surface area contributed by atoms with Crippen molar-refractivity contribution in [3.63, 3.8) is 0 Å². The number of aromatic nitrogens is 1. The molecule has 1 aliphatic carbocycles. The number of carbonyl (C=O) groups is 1. The van der Waals surface area contributed by atoms with Crippen LogP contribution in [0.5, 0.6) is 0 Å². The summed E-state index contributed by atoms with van der Waals surface area (Å²) in [5, 5.41) is 15.8. The van der Waals surface area contributed by atoms with E-state index >= 15 is 0 Å². The van der Waals surface area contributed by atoms with Crippen molar-refractivity contribution in [2.24, 2.45) is 5.92 Å². The van der Waals surface area contributed by atoms with Gasteiger partial charge in [-0.05, 0) is 72.6 Å². The third-order valence-corrected chi connectivity index (χ3v) is 6.98. The van der Waals surface area contributed by atoms with E-state index in [9.17, 15) is 23.1 Å². The molecule has 4 N–H and O–H groups in total. The maximum Gasteiger partial charge on any atom is 0.315 e.